The van der Waals surface area contributed by atoms with Crippen LogP contribution in [-0.4, -0.2) is 72.8 Å². The number of nitrogens with one attached hydrogen (secondary N) is 1. The molecule has 0 unspecified atom stereocenters. The molecule has 2 aromatic heterocycles. The summed E-state index contributed by atoms with van der Waals surface area (Å²) in [6.07, 6.45) is 14.1. The number of pyridine rings is 1. The minimum atomic E-state index is -3.10. The second-order valence-corrected chi connectivity index (χ2v) is 14.3. The SMILES string of the molecule is CCS(=O)(=O)N[C@H]1CC[C@H](CN2CCC3(CC2)CN(c2ncnc4ccc(CCc5ccncc5)cc24)C3)CC1. The molecule has 0 atom stereocenters. The first-order chi connectivity index (χ1) is 19.4. The van der Waals surface area contributed by atoms with Crippen LogP contribution in [0.2, 0.25) is 0 Å². The Bertz CT molecular complexity index is 1390. The van der Waals surface area contributed by atoms with Crippen LogP contribution in [0.4, 0.5) is 5.82 Å². The molecule has 0 amide bonds. The number of aryl methyl sites for hydroxylation is 2. The molecule has 214 valence electrons. The summed E-state index contributed by atoms with van der Waals surface area (Å²) in [5, 5.41) is 1.17. The molecule has 3 aromatic rings. The normalized spacial score (nSPS) is 23.4. The molecule has 1 aliphatic carbocycles. The summed E-state index contributed by atoms with van der Waals surface area (Å²) in [6.45, 7) is 7.36. The number of aromatic nitrogens is 3. The molecule has 0 radical (unpaired) electrons. The van der Waals surface area contributed by atoms with Crippen LogP contribution in [-0.2, 0) is 22.9 Å². The molecule has 8 nitrogen and oxygen atoms in total. The van der Waals surface area contributed by atoms with Crippen LogP contribution in [0.1, 0.15) is 56.6 Å². The molecule has 9 heteroatoms. The van der Waals surface area contributed by atoms with Crippen molar-refractivity contribution in [2.75, 3.05) is 43.4 Å². The maximum absolute atomic E-state index is 11.9. The van der Waals surface area contributed by atoms with Crippen molar-refractivity contribution in [3.05, 3.63) is 60.2 Å². The number of benzene rings is 1. The maximum atomic E-state index is 11.9. The summed E-state index contributed by atoms with van der Waals surface area (Å²) in [7, 11) is -3.10. The van der Waals surface area contributed by atoms with Crippen LogP contribution >= 0.6 is 0 Å². The number of anilines is 1. The van der Waals surface area contributed by atoms with E-state index in [1.165, 1.54) is 42.4 Å². The third-order valence-electron chi connectivity index (χ3n) is 9.49. The zero-order valence-corrected chi connectivity index (χ0v) is 24.5. The predicted octanol–water partition coefficient (Wildman–Crippen LogP) is 4.21. The number of sulfonamides is 1. The molecule has 40 heavy (non-hydrogen) atoms. The molecule has 1 aromatic carbocycles. The second kappa shape index (κ2) is 11.7. The zero-order chi connectivity index (χ0) is 27.6. The highest BCUT2D eigenvalue weighted by atomic mass is 32.2. The van der Waals surface area contributed by atoms with Crippen molar-refractivity contribution in [1.29, 1.82) is 0 Å². The smallest absolute Gasteiger partial charge is 0.211 e. The van der Waals surface area contributed by atoms with Gasteiger partial charge in [-0.05, 0) is 113 Å². The van der Waals surface area contributed by atoms with Gasteiger partial charge < -0.3 is 9.80 Å². The first-order valence-electron chi connectivity index (χ1n) is 15.0. The van der Waals surface area contributed by atoms with Crippen molar-refractivity contribution in [2.24, 2.45) is 11.3 Å². The summed E-state index contributed by atoms with van der Waals surface area (Å²) < 4.78 is 26.7. The summed E-state index contributed by atoms with van der Waals surface area (Å²) in [5.41, 5.74) is 4.05. The number of piperidine rings is 1. The fraction of sp³-hybridized carbons (Fsp3) is 0.581. The lowest BCUT2D eigenvalue weighted by atomic mass is 9.71. The van der Waals surface area contributed by atoms with Gasteiger partial charge in [0.15, 0.2) is 0 Å². The minimum Gasteiger partial charge on any atom is -0.355 e. The Hall–Kier alpha value is -2.62. The monoisotopic (exact) mass is 562 g/mol. The molecule has 3 fully saturated rings. The standard InChI is InChI=1S/C31H42N6O2S/c1-2-40(38,39)35-27-8-5-26(6-9-27)20-36-17-13-31(14-18-36)21-37(22-31)30-28-19-25(7-10-29(28)33-23-34-30)4-3-24-11-15-32-16-12-24/h7,10-12,15-16,19,23,26-27,35H,2-6,8-9,13-14,17-18,20-22H2,1H3/t26-,27-. The number of hydrogen-bond acceptors (Lipinski definition) is 7. The Morgan fingerprint density at radius 2 is 1.68 bits per heavy atom. The van der Waals surface area contributed by atoms with Gasteiger partial charge in [0.2, 0.25) is 10.0 Å². The third kappa shape index (κ3) is 6.31. The first-order valence-corrected chi connectivity index (χ1v) is 16.7. The molecule has 0 bridgehead atoms. The largest absolute Gasteiger partial charge is 0.355 e. The molecule has 1 spiro atoms. The number of fused-ring (bicyclic) bond motifs is 1. The average Bonchev–Trinajstić information content (AvgIpc) is 2.96. The van der Waals surface area contributed by atoms with E-state index in [-0.39, 0.29) is 11.8 Å². The molecular weight excluding hydrogens is 520 g/mol. The first kappa shape index (κ1) is 27.5. The van der Waals surface area contributed by atoms with E-state index in [1.54, 1.807) is 13.3 Å². The van der Waals surface area contributed by atoms with E-state index in [1.807, 2.05) is 12.4 Å². The number of rotatable bonds is 9. The molecular formula is C31H42N6O2S. The number of hydrogen-bond donors (Lipinski definition) is 1. The second-order valence-electron chi connectivity index (χ2n) is 12.3. The fourth-order valence-electron chi connectivity index (χ4n) is 6.94. The highest BCUT2D eigenvalue weighted by Gasteiger charge is 2.46. The van der Waals surface area contributed by atoms with E-state index in [2.05, 4.69) is 54.8 Å². The summed E-state index contributed by atoms with van der Waals surface area (Å²) in [4.78, 5) is 18.5. The van der Waals surface area contributed by atoms with Crippen molar-refractivity contribution >= 4 is 26.7 Å². The molecule has 6 rings (SSSR count). The van der Waals surface area contributed by atoms with Gasteiger partial charge >= 0.3 is 0 Å². The topological polar surface area (TPSA) is 91.3 Å². The predicted molar refractivity (Wildman–Crippen MR) is 160 cm³/mol. The van der Waals surface area contributed by atoms with Gasteiger partial charge in [-0.2, -0.15) is 0 Å². The maximum Gasteiger partial charge on any atom is 0.211 e. The van der Waals surface area contributed by atoms with Gasteiger partial charge in [0, 0.05) is 48.9 Å². The van der Waals surface area contributed by atoms with Gasteiger partial charge in [-0.1, -0.05) is 6.07 Å². The number of nitrogens with zero attached hydrogens (tertiary/aromatic N) is 5. The van der Waals surface area contributed by atoms with Crippen LogP contribution in [0.5, 0.6) is 0 Å². The van der Waals surface area contributed by atoms with Crippen LogP contribution in [0.25, 0.3) is 10.9 Å². The molecule has 1 saturated carbocycles. The van der Waals surface area contributed by atoms with E-state index in [9.17, 15) is 8.42 Å². The fourth-order valence-corrected chi connectivity index (χ4v) is 7.85. The Balaban J connectivity index is 1.00. The van der Waals surface area contributed by atoms with Crippen LogP contribution in [0.3, 0.4) is 0 Å². The molecule has 3 aliphatic rings. The average molecular weight is 563 g/mol. The Morgan fingerprint density at radius 3 is 2.40 bits per heavy atom. The van der Waals surface area contributed by atoms with E-state index in [0.717, 1.165) is 69.5 Å². The van der Waals surface area contributed by atoms with Gasteiger partial charge in [0.1, 0.15) is 12.1 Å². The van der Waals surface area contributed by atoms with Crippen molar-refractivity contribution in [3.8, 4) is 0 Å². The van der Waals surface area contributed by atoms with Gasteiger partial charge in [0.05, 0.1) is 11.3 Å². The van der Waals surface area contributed by atoms with Crippen molar-refractivity contribution in [2.45, 2.75) is 64.3 Å². The van der Waals surface area contributed by atoms with Crippen molar-refractivity contribution < 1.29 is 8.42 Å². The van der Waals surface area contributed by atoms with E-state index >= 15 is 0 Å². The summed E-state index contributed by atoms with van der Waals surface area (Å²) >= 11 is 0. The van der Waals surface area contributed by atoms with E-state index in [4.69, 9.17) is 4.98 Å². The van der Waals surface area contributed by atoms with Gasteiger partial charge in [-0.15, -0.1) is 0 Å². The molecule has 2 saturated heterocycles. The highest BCUT2D eigenvalue weighted by Crippen LogP contribution is 2.44. The molecule has 2 aliphatic heterocycles. The van der Waals surface area contributed by atoms with Gasteiger partial charge in [0.25, 0.3) is 0 Å². The quantitative estimate of drug-likeness (QED) is 0.418. The highest BCUT2D eigenvalue weighted by molar-refractivity contribution is 7.89. The van der Waals surface area contributed by atoms with E-state index in [0.29, 0.717) is 11.3 Å². The third-order valence-corrected chi connectivity index (χ3v) is 10.9. The van der Waals surface area contributed by atoms with Crippen LogP contribution in [0, 0.1) is 11.3 Å². The Morgan fingerprint density at radius 1 is 0.950 bits per heavy atom. The summed E-state index contributed by atoms with van der Waals surface area (Å²) in [5.74, 6) is 1.94. The van der Waals surface area contributed by atoms with Crippen LogP contribution < -0.4 is 9.62 Å². The zero-order valence-electron chi connectivity index (χ0n) is 23.6. The lowest BCUT2D eigenvalue weighted by molar-refractivity contribution is 0.0621. The van der Waals surface area contributed by atoms with Crippen molar-refractivity contribution in [1.82, 2.24) is 24.6 Å². The van der Waals surface area contributed by atoms with E-state index < -0.39 is 10.0 Å². The summed E-state index contributed by atoms with van der Waals surface area (Å²) in [6, 6.07) is 10.9. The minimum absolute atomic E-state index is 0.127. The molecule has 1 N–H and O–H groups in total. The van der Waals surface area contributed by atoms with Gasteiger partial charge in [-0.25, -0.2) is 23.1 Å². The van der Waals surface area contributed by atoms with Crippen LogP contribution in [0.15, 0.2) is 49.1 Å². The molecule has 4 heterocycles. The lowest BCUT2D eigenvalue weighted by Crippen LogP contribution is -2.61. The van der Waals surface area contributed by atoms with Crippen molar-refractivity contribution in [3.63, 3.8) is 0 Å². The number of likely N-dealkylation sites (tertiary alicyclic amines) is 1. The Labute approximate surface area is 238 Å². The Kier molecular flexibility index (Phi) is 8.06. The lowest BCUT2D eigenvalue weighted by Gasteiger charge is -2.55. The van der Waals surface area contributed by atoms with Gasteiger partial charge in [-0.3, -0.25) is 4.98 Å².